The van der Waals surface area contributed by atoms with Gasteiger partial charge in [-0.25, -0.2) is 0 Å². The van der Waals surface area contributed by atoms with E-state index >= 15 is 0 Å². The molecule has 5 heteroatoms. The fraction of sp³-hybridized carbons (Fsp3) is 0.333. The van der Waals surface area contributed by atoms with Crippen molar-refractivity contribution in [2.24, 2.45) is 17.8 Å². The van der Waals surface area contributed by atoms with Gasteiger partial charge in [0.05, 0.1) is 11.8 Å². The molecule has 0 bridgehead atoms. The lowest BCUT2D eigenvalue weighted by molar-refractivity contribution is -0.144. The van der Waals surface area contributed by atoms with E-state index in [-0.39, 0.29) is 5.92 Å². The lowest BCUT2D eigenvalue weighted by atomic mass is 9.90. The Morgan fingerprint density at radius 2 is 1.53 bits per heavy atom. The minimum absolute atomic E-state index is 0.251. The molecule has 1 aromatic carbocycles. The average Bonchev–Trinajstić information content (AvgIpc) is 3.04. The van der Waals surface area contributed by atoms with Crippen molar-refractivity contribution in [2.45, 2.75) is 5.41 Å². The van der Waals surface area contributed by atoms with Crippen molar-refractivity contribution in [1.82, 2.24) is 0 Å². The van der Waals surface area contributed by atoms with Crippen molar-refractivity contribution >= 4 is 23.5 Å². The predicted octanol–water partition coefficient (Wildman–Crippen LogP) is 1.62. The zero-order valence-electron chi connectivity index (χ0n) is 8.63. The molecule has 0 aromatic heterocycles. The third-order valence-corrected chi connectivity index (χ3v) is 4.21. The van der Waals surface area contributed by atoms with E-state index in [1.807, 2.05) is 0 Å². The Bertz CT molecular complexity index is 500. The van der Waals surface area contributed by atoms with Crippen LogP contribution in [0.2, 0.25) is 5.02 Å². The first-order valence-corrected chi connectivity index (χ1v) is 5.60. The number of benzene rings is 1. The summed E-state index contributed by atoms with van der Waals surface area (Å²) in [7, 11) is 0. The molecule has 0 aliphatic heterocycles. The van der Waals surface area contributed by atoms with Gasteiger partial charge in [0.25, 0.3) is 0 Å². The third kappa shape index (κ3) is 1.13. The van der Waals surface area contributed by atoms with Gasteiger partial charge in [-0.15, -0.1) is 0 Å². The number of hydrogen-bond acceptors (Lipinski definition) is 2. The molecule has 1 aromatic rings. The van der Waals surface area contributed by atoms with Gasteiger partial charge in [0.2, 0.25) is 0 Å². The fourth-order valence-corrected chi connectivity index (χ4v) is 3.27. The third-order valence-electron chi connectivity index (χ3n) is 3.96. The summed E-state index contributed by atoms with van der Waals surface area (Å²) in [5.41, 5.74) is 0.0918. The largest absolute Gasteiger partial charge is 0.481 e. The van der Waals surface area contributed by atoms with E-state index in [4.69, 9.17) is 21.8 Å². The van der Waals surface area contributed by atoms with Crippen LogP contribution in [0, 0.1) is 17.8 Å². The van der Waals surface area contributed by atoms with E-state index in [0.717, 1.165) is 5.56 Å². The number of carboxylic acids is 2. The molecule has 17 heavy (non-hydrogen) atoms. The second-order valence-corrected chi connectivity index (χ2v) is 5.03. The summed E-state index contributed by atoms with van der Waals surface area (Å²) in [4.78, 5) is 22.0. The molecule has 2 aliphatic carbocycles. The quantitative estimate of drug-likeness (QED) is 0.857. The van der Waals surface area contributed by atoms with Gasteiger partial charge in [-0.3, -0.25) is 9.59 Å². The van der Waals surface area contributed by atoms with Gasteiger partial charge in [-0.2, -0.15) is 0 Å². The number of carboxylic acid groups (broad SMARTS) is 2. The summed E-state index contributed by atoms with van der Waals surface area (Å²) < 4.78 is 0. The summed E-state index contributed by atoms with van der Waals surface area (Å²) in [5, 5.41) is 18.6. The molecule has 4 nitrogen and oxygen atoms in total. The monoisotopic (exact) mass is 252 g/mol. The molecule has 0 radical (unpaired) electrons. The van der Waals surface area contributed by atoms with Crippen molar-refractivity contribution in [1.29, 1.82) is 0 Å². The summed E-state index contributed by atoms with van der Waals surface area (Å²) in [6.45, 7) is 0. The van der Waals surface area contributed by atoms with Crippen LogP contribution in [-0.4, -0.2) is 22.2 Å². The van der Waals surface area contributed by atoms with Crippen LogP contribution in [-0.2, 0) is 15.0 Å². The number of fused-ring (bicyclic) bond motifs is 1. The number of halogens is 1. The van der Waals surface area contributed by atoms with Crippen LogP contribution >= 0.6 is 11.6 Å². The van der Waals surface area contributed by atoms with E-state index in [2.05, 4.69) is 0 Å². The molecule has 0 saturated heterocycles. The molecular formula is C12H9ClO4. The lowest BCUT2D eigenvalue weighted by Crippen LogP contribution is -2.25. The number of aliphatic carboxylic acids is 2. The van der Waals surface area contributed by atoms with Crippen molar-refractivity contribution < 1.29 is 19.8 Å². The van der Waals surface area contributed by atoms with Crippen LogP contribution in [0.15, 0.2) is 24.3 Å². The molecule has 3 rings (SSSR count). The van der Waals surface area contributed by atoms with Gasteiger partial charge in [-0.05, 0) is 23.6 Å². The zero-order chi connectivity index (χ0) is 12.4. The van der Waals surface area contributed by atoms with Crippen molar-refractivity contribution in [3.8, 4) is 0 Å². The molecule has 2 fully saturated rings. The number of rotatable bonds is 3. The Hall–Kier alpha value is -1.55. The molecule has 0 amide bonds. The highest BCUT2D eigenvalue weighted by atomic mass is 35.5. The van der Waals surface area contributed by atoms with Crippen LogP contribution in [0.5, 0.6) is 0 Å². The molecule has 2 N–H and O–H groups in total. The first-order valence-electron chi connectivity index (χ1n) is 5.23. The minimum atomic E-state index is -0.914. The molecule has 2 saturated carbocycles. The molecule has 0 unspecified atom stereocenters. The summed E-state index contributed by atoms with van der Waals surface area (Å²) in [6, 6.07) is 6.77. The van der Waals surface area contributed by atoms with Crippen LogP contribution in [0.4, 0.5) is 0 Å². The Balaban J connectivity index is 1.97. The molecule has 0 spiro atoms. The Morgan fingerprint density at radius 3 is 1.94 bits per heavy atom. The lowest BCUT2D eigenvalue weighted by Gasteiger charge is -2.13. The fourth-order valence-electron chi connectivity index (χ4n) is 3.14. The standard InChI is InChI=1S/C12H9ClO4/c13-6-3-1-5(2-4-6)12-7(8(12)10(14)15)9(12)11(16)17/h1-4,7-9H,(H,14,15)(H,16,17)/t7?,8-,9-,12?/m0/s1. The minimum Gasteiger partial charge on any atom is -0.481 e. The topological polar surface area (TPSA) is 74.6 Å². The van der Waals surface area contributed by atoms with Gasteiger partial charge in [0.15, 0.2) is 0 Å². The van der Waals surface area contributed by atoms with Gasteiger partial charge in [0, 0.05) is 10.4 Å². The first kappa shape index (κ1) is 10.6. The summed E-state index contributed by atoms with van der Waals surface area (Å²) in [6.07, 6.45) is 0. The predicted molar refractivity (Wildman–Crippen MR) is 58.9 cm³/mol. The molecule has 2 aliphatic rings. The van der Waals surface area contributed by atoms with E-state index in [9.17, 15) is 9.59 Å². The van der Waals surface area contributed by atoms with Gasteiger partial charge < -0.3 is 10.2 Å². The summed E-state index contributed by atoms with van der Waals surface area (Å²) >= 11 is 5.76. The van der Waals surface area contributed by atoms with Crippen molar-refractivity contribution in [2.75, 3.05) is 0 Å². The maximum absolute atomic E-state index is 11.0. The molecule has 0 heterocycles. The molecule has 88 valence electrons. The maximum Gasteiger partial charge on any atom is 0.307 e. The Kier molecular flexibility index (Phi) is 1.88. The molecule has 2 atom stereocenters. The van der Waals surface area contributed by atoms with Crippen molar-refractivity contribution in [3.63, 3.8) is 0 Å². The highest BCUT2D eigenvalue weighted by molar-refractivity contribution is 6.30. The van der Waals surface area contributed by atoms with Gasteiger partial charge >= 0.3 is 11.9 Å². The van der Waals surface area contributed by atoms with E-state index in [1.54, 1.807) is 24.3 Å². The highest BCUT2D eigenvalue weighted by Gasteiger charge is 2.92. The van der Waals surface area contributed by atoms with Crippen LogP contribution in [0.1, 0.15) is 5.56 Å². The van der Waals surface area contributed by atoms with Crippen molar-refractivity contribution in [3.05, 3.63) is 34.9 Å². The number of hydrogen-bond donors (Lipinski definition) is 2. The van der Waals surface area contributed by atoms with Crippen LogP contribution in [0.25, 0.3) is 0 Å². The maximum atomic E-state index is 11.0. The summed E-state index contributed by atoms with van der Waals surface area (Å²) in [5.74, 6) is -3.18. The number of carbonyl (C=O) groups is 2. The second-order valence-electron chi connectivity index (χ2n) is 4.60. The average molecular weight is 253 g/mol. The van der Waals surface area contributed by atoms with Crippen LogP contribution in [0.3, 0.4) is 0 Å². The van der Waals surface area contributed by atoms with Crippen LogP contribution < -0.4 is 0 Å². The first-order chi connectivity index (χ1) is 8.01. The molecular weight excluding hydrogens is 244 g/mol. The smallest absolute Gasteiger partial charge is 0.307 e. The highest BCUT2D eigenvalue weighted by Crippen LogP contribution is 2.83. The Labute approximate surface area is 102 Å². The van der Waals surface area contributed by atoms with E-state index in [0.29, 0.717) is 5.02 Å². The van der Waals surface area contributed by atoms with E-state index < -0.39 is 29.2 Å². The van der Waals surface area contributed by atoms with Gasteiger partial charge in [-0.1, -0.05) is 23.7 Å². The Morgan fingerprint density at radius 1 is 1.06 bits per heavy atom. The van der Waals surface area contributed by atoms with Gasteiger partial charge in [0.1, 0.15) is 0 Å². The normalized spacial score (nSPS) is 37.1. The second kappa shape index (κ2) is 3.01. The SMILES string of the molecule is O=C(O)[C@@H]1C2[C@@H](C(=O)O)C21c1ccc(Cl)cc1. The van der Waals surface area contributed by atoms with E-state index in [1.165, 1.54) is 0 Å². The zero-order valence-corrected chi connectivity index (χ0v) is 9.39.